The summed E-state index contributed by atoms with van der Waals surface area (Å²) in [4.78, 5) is 30.8. The number of aromatic hydroxyl groups is 1. The molecule has 3 aromatic rings. The molecule has 34 heavy (non-hydrogen) atoms. The topological polar surface area (TPSA) is 102 Å². The molecule has 5 rings (SSSR count). The monoisotopic (exact) mass is 464 g/mol. The van der Waals surface area contributed by atoms with Crippen molar-refractivity contribution < 1.29 is 24.2 Å². The first-order chi connectivity index (χ1) is 16.0. The van der Waals surface area contributed by atoms with E-state index in [4.69, 9.17) is 9.72 Å². The van der Waals surface area contributed by atoms with Crippen LogP contribution >= 0.6 is 0 Å². The minimum Gasteiger partial charge on any atom is -0.508 e. The minimum atomic E-state index is -1.85. The van der Waals surface area contributed by atoms with Gasteiger partial charge >= 0.3 is 5.97 Å². The Morgan fingerprint density at radius 2 is 1.94 bits per heavy atom. The molecule has 0 saturated heterocycles. The maximum Gasteiger partial charge on any atom is 0.343 e. The van der Waals surface area contributed by atoms with Crippen LogP contribution < -0.4 is 5.56 Å². The Kier molecular flexibility index (Phi) is 4.90. The number of carbonyl (C=O) groups excluding carboxylic acids is 1. The zero-order valence-corrected chi connectivity index (χ0v) is 20.2. The number of ether oxygens (including phenoxy) is 1. The van der Waals surface area contributed by atoms with Gasteiger partial charge in [0.05, 0.1) is 49.1 Å². The number of phenols is 1. The normalized spacial score (nSPS) is 19.2. The van der Waals surface area contributed by atoms with E-state index in [0.717, 1.165) is 22.0 Å². The molecular formula is C26H30N3O5+. The van der Waals surface area contributed by atoms with Crippen molar-refractivity contribution in [2.75, 3.05) is 14.1 Å². The number of esters is 1. The van der Waals surface area contributed by atoms with Crippen molar-refractivity contribution >= 4 is 16.9 Å². The molecule has 0 saturated carbocycles. The summed E-state index contributed by atoms with van der Waals surface area (Å²) in [6, 6.07) is 7.20. The number of rotatable bonds is 4. The maximum atomic E-state index is 13.5. The number of cyclic esters (lactones) is 1. The number of quaternary nitrogens is 1. The molecular weight excluding hydrogens is 434 g/mol. The molecule has 8 nitrogen and oxygen atoms in total. The lowest BCUT2D eigenvalue weighted by atomic mass is 9.86. The van der Waals surface area contributed by atoms with Crippen LogP contribution in [0.1, 0.15) is 49.4 Å². The van der Waals surface area contributed by atoms with Gasteiger partial charge in [-0.15, -0.1) is 0 Å². The lowest BCUT2D eigenvalue weighted by molar-refractivity contribution is -0.924. The minimum absolute atomic E-state index is 0.102. The SMILES string of the molecule is CCC1(O)C(=O)OCc2c1cc1n(c2=O)Cc2c-1nc1ccc(O)cc1c2C[N+](C)(C)C(C)C. The summed E-state index contributed by atoms with van der Waals surface area (Å²) in [6.07, 6.45) is 0.102. The molecule has 1 unspecified atom stereocenters. The Bertz CT molecular complexity index is 1420. The molecule has 0 amide bonds. The van der Waals surface area contributed by atoms with Crippen LogP contribution in [0, 0.1) is 0 Å². The van der Waals surface area contributed by atoms with Crippen molar-refractivity contribution in [2.24, 2.45) is 0 Å². The van der Waals surface area contributed by atoms with E-state index in [1.54, 1.807) is 35.8 Å². The van der Waals surface area contributed by atoms with Crippen LogP contribution in [0.3, 0.4) is 0 Å². The number of hydrogen-bond donors (Lipinski definition) is 2. The second kappa shape index (κ2) is 7.38. The molecule has 8 heteroatoms. The fraction of sp³-hybridized carbons (Fsp3) is 0.423. The van der Waals surface area contributed by atoms with Crippen molar-refractivity contribution in [1.82, 2.24) is 9.55 Å². The Labute approximate surface area is 197 Å². The van der Waals surface area contributed by atoms with E-state index in [0.29, 0.717) is 46.1 Å². The van der Waals surface area contributed by atoms with Gasteiger partial charge in [-0.2, -0.15) is 0 Å². The van der Waals surface area contributed by atoms with Crippen molar-refractivity contribution in [2.45, 2.75) is 58.5 Å². The number of aromatic nitrogens is 2. The molecule has 2 N–H and O–H groups in total. The molecule has 0 spiro atoms. The Balaban J connectivity index is 1.80. The summed E-state index contributed by atoms with van der Waals surface area (Å²) >= 11 is 0. The van der Waals surface area contributed by atoms with Gasteiger partial charge in [0.1, 0.15) is 18.9 Å². The van der Waals surface area contributed by atoms with E-state index in [1.807, 2.05) is 0 Å². The molecule has 1 atom stereocenters. The number of hydrogen-bond acceptors (Lipinski definition) is 6. The van der Waals surface area contributed by atoms with Crippen molar-refractivity contribution in [3.8, 4) is 17.1 Å². The second-order valence-corrected chi connectivity index (χ2v) is 10.3. The van der Waals surface area contributed by atoms with Crippen LogP contribution in [0.25, 0.3) is 22.3 Å². The molecule has 4 heterocycles. The van der Waals surface area contributed by atoms with Gasteiger partial charge in [-0.1, -0.05) is 6.92 Å². The third-order valence-corrected chi connectivity index (χ3v) is 7.75. The molecule has 0 radical (unpaired) electrons. The van der Waals surface area contributed by atoms with Crippen molar-refractivity contribution in [1.29, 1.82) is 0 Å². The zero-order chi connectivity index (χ0) is 24.6. The second-order valence-electron chi connectivity index (χ2n) is 10.3. The van der Waals surface area contributed by atoms with Gasteiger partial charge in [-0.05, 0) is 44.5 Å². The van der Waals surface area contributed by atoms with Gasteiger partial charge in [0.2, 0.25) is 0 Å². The maximum absolute atomic E-state index is 13.5. The van der Waals surface area contributed by atoms with Crippen LogP contribution in [-0.4, -0.2) is 50.4 Å². The molecule has 0 fully saturated rings. The van der Waals surface area contributed by atoms with Gasteiger partial charge in [0, 0.05) is 22.1 Å². The number of nitrogens with zero attached hydrogens (tertiary/aromatic N) is 3. The van der Waals surface area contributed by atoms with Gasteiger partial charge < -0.3 is 24.0 Å². The van der Waals surface area contributed by atoms with Crippen LogP contribution in [0.5, 0.6) is 5.75 Å². The highest BCUT2D eigenvalue weighted by Gasteiger charge is 2.45. The summed E-state index contributed by atoms with van der Waals surface area (Å²) in [5.41, 5.74) is 2.43. The lowest BCUT2D eigenvalue weighted by Gasteiger charge is -2.35. The fourth-order valence-corrected chi connectivity index (χ4v) is 4.92. The first kappa shape index (κ1) is 22.6. The van der Waals surface area contributed by atoms with E-state index in [2.05, 4.69) is 27.9 Å². The number of aliphatic hydroxyl groups is 1. The van der Waals surface area contributed by atoms with Gasteiger partial charge in [0.15, 0.2) is 5.60 Å². The molecule has 2 aliphatic rings. The molecule has 178 valence electrons. The standard InChI is InChI=1S/C26H29N3O5/c1-6-26(33)20-10-22-23-17(11-28(22)24(31)19(20)13-34-25(26)32)18(12-29(4,5)14(2)3)16-9-15(30)7-8-21(16)27-23/h7-10,14,33H,6,11-13H2,1-5H3/p+1. The number of benzene rings is 1. The van der Waals surface area contributed by atoms with Crippen LogP contribution in [0.2, 0.25) is 0 Å². The Hall–Kier alpha value is -3.23. The predicted molar refractivity (Wildman–Crippen MR) is 127 cm³/mol. The third-order valence-electron chi connectivity index (χ3n) is 7.75. The van der Waals surface area contributed by atoms with E-state index in [9.17, 15) is 19.8 Å². The van der Waals surface area contributed by atoms with Gasteiger partial charge in [-0.25, -0.2) is 9.78 Å². The van der Waals surface area contributed by atoms with Gasteiger partial charge in [-0.3, -0.25) is 4.79 Å². The van der Waals surface area contributed by atoms with Crippen molar-refractivity contribution in [3.05, 3.63) is 56.9 Å². The lowest BCUT2D eigenvalue weighted by Crippen LogP contribution is -2.45. The summed E-state index contributed by atoms with van der Waals surface area (Å²) in [5.74, 6) is -0.569. The number of phenolic OH excluding ortho intramolecular Hbond substituents is 1. The quantitative estimate of drug-likeness (QED) is 0.356. The highest BCUT2D eigenvalue weighted by Crippen LogP contribution is 2.41. The fourth-order valence-electron chi connectivity index (χ4n) is 4.92. The van der Waals surface area contributed by atoms with Crippen molar-refractivity contribution in [3.63, 3.8) is 0 Å². The summed E-state index contributed by atoms with van der Waals surface area (Å²) in [6.45, 7) is 6.89. The van der Waals surface area contributed by atoms with Crippen LogP contribution in [-0.2, 0) is 34.8 Å². The Morgan fingerprint density at radius 3 is 2.62 bits per heavy atom. The first-order valence-electron chi connectivity index (χ1n) is 11.6. The molecule has 2 aromatic heterocycles. The number of pyridine rings is 2. The summed E-state index contributed by atoms with van der Waals surface area (Å²) in [7, 11) is 4.31. The molecule has 2 aliphatic heterocycles. The molecule has 1 aromatic carbocycles. The zero-order valence-electron chi connectivity index (χ0n) is 20.2. The average Bonchev–Trinajstić information content (AvgIpc) is 3.15. The highest BCUT2D eigenvalue weighted by atomic mass is 16.6. The summed E-state index contributed by atoms with van der Waals surface area (Å²) < 4.78 is 7.54. The first-order valence-corrected chi connectivity index (χ1v) is 11.6. The Morgan fingerprint density at radius 1 is 1.21 bits per heavy atom. The number of fused-ring (bicyclic) bond motifs is 5. The number of carbonyl (C=O) groups is 1. The predicted octanol–water partition coefficient (Wildman–Crippen LogP) is 2.77. The molecule has 0 bridgehead atoms. The van der Waals surface area contributed by atoms with E-state index >= 15 is 0 Å². The third kappa shape index (κ3) is 3.09. The van der Waals surface area contributed by atoms with E-state index in [-0.39, 0.29) is 24.3 Å². The van der Waals surface area contributed by atoms with Crippen LogP contribution in [0.4, 0.5) is 0 Å². The van der Waals surface area contributed by atoms with Gasteiger partial charge in [0.25, 0.3) is 5.56 Å². The molecule has 0 aliphatic carbocycles. The average molecular weight is 465 g/mol. The largest absolute Gasteiger partial charge is 0.508 e. The van der Waals surface area contributed by atoms with E-state index < -0.39 is 11.6 Å². The summed E-state index contributed by atoms with van der Waals surface area (Å²) in [5, 5.41) is 22.2. The van der Waals surface area contributed by atoms with Crippen LogP contribution in [0.15, 0.2) is 29.1 Å². The highest BCUT2D eigenvalue weighted by molar-refractivity contribution is 5.89. The smallest absolute Gasteiger partial charge is 0.343 e. The van der Waals surface area contributed by atoms with E-state index in [1.165, 1.54) is 0 Å².